The van der Waals surface area contributed by atoms with E-state index in [-0.39, 0.29) is 19.7 Å². The topological polar surface area (TPSA) is 52.6 Å². The molecule has 1 aromatic rings. The lowest BCUT2D eigenvalue weighted by Gasteiger charge is -2.22. The molecule has 0 heterocycles. The van der Waals surface area contributed by atoms with E-state index in [1.54, 1.807) is 24.3 Å². The van der Waals surface area contributed by atoms with Crippen molar-refractivity contribution < 1.29 is 23.1 Å². The molecule has 112 valence electrons. The third kappa shape index (κ3) is 6.53. The second kappa shape index (κ2) is 7.86. The second-order valence-electron chi connectivity index (χ2n) is 4.24. The summed E-state index contributed by atoms with van der Waals surface area (Å²) in [4.78, 5) is 13.1. The summed E-state index contributed by atoms with van der Waals surface area (Å²) in [6.45, 7) is -1.52. The Morgan fingerprint density at radius 3 is 2.45 bits per heavy atom. The fourth-order valence-corrected chi connectivity index (χ4v) is 1.64. The zero-order valence-electron chi connectivity index (χ0n) is 10.9. The number of halogens is 3. The highest BCUT2D eigenvalue weighted by atomic mass is 19.4. The Morgan fingerprint density at radius 1 is 1.25 bits per heavy atom. The van der Waals surface area contributed by atoms with Crippen LogP contribution in [0.15, 0.2) is 30.3 Å². The minimum absolute atomic E-state index is 0.0847. The van der Waals surface area contributed by atoms with Crippen LogP contribution in [0.1, 0.15) is 5.56 Å². The van der Waals surface area contributed by atoms with Gasteiger partial charge in [-0.3, -0.25) is 4.79 Å². The van der Waals surface area contributed by atoms with E-state index in [4.69, 9.17) is 5.11 Å². The molecule has 0 saturated heterocycles. The molecule has 20 heavy (non-hydrogen) atoms. The van der Waals surface area contributed by atoms with Crippen molar-refractivity contribution in [3.8, 4) is 0 Å². The van der Waals surface area contributed by atoms with Crippen LogP contribution in [-0.2, 0) is 11.3 Å². The van der Waals surface area contributed by atoms with E-state index in [9.17, 15) is 18.0 Å². The minimum atomic E-state index is -4.35. The average Bonchev–Trinajstić information content (AvgIpc) is 2.38. The number of benzene rings is 1. The van der Waals surface area contributed by atoms with Gasteiger partial charge in [-0.1, -0.05) is 30.3 Å². The fourth-order valence-electron chi connectivity index (χ4n) is 1.64. The summed E-state index contributed by atoms with van der Waals surface area (Å²) >= 11 is 0. The van der Waals surface area contributed by atoms with E-state index < -0.39 is 25.2 Å². The van der Waals surface area contributed by atoms with Crippen LogP contribution in [0.25, 0.3) is 0 Å². The van der Waals surface area contributed by atoms with Crippen LogP contribution in [0, 0.1) is 0 Å². The summed E-state index contributed by atoms with van der Waals surface area (Å²) in [5.41, 5.74) is 0.852. The van der Waals surface area contributed by atoms with Gasteiger partial charge < -0.3 is 15.3 Å². The lowest BCUT2D eigenvalue weighted by Crippen LogP contribution is -2.41. The van der Waals surface area contributed by atoms with Gasteiger partial charge >= 0.3 is 6.18 Å². The Morgan fingerprint density at radius 2 is 1.90 bits per heavy atom. The van der Waals surface area contributed by atoms with Gasteiger partial charge in [0.25, 0.3) is 0 Å². The molecular formula is C13H17F3N2O2. The Labute approximate surface area is 115 Å². The zero-order valence-corrected chi connectivity index (χ0v) is 10.9. The van der Waals surface area contributed by atoms with Gasteiger partial charge in [-0.2, -0.15) is 13.2 Å². The van der Waals surface area contributed by atoms with E-state index in [0.29, 0.717) is 0 Å². The second-order valence-corrected chi connectivity index (χ2v) is 4.24. The van der Waals surface area contributed by atoms with E-state index in [2.05, 4.69) is 5.32 Å². The highest BCUT2D eigenvalue weighted by molar-refractivity contribution is 5.78. The summed E-state index contributed by atoms with van der Waals surface area (Å²) in [6.07, 6.45) is -4.35. The first-order valence-corrected chi connectivity index (χ1v) is 6.12. The first kappa shape index (κ1) is 16.5. The highest BCUT2D eigenvalue weighted by Crippen LogP contribution is 2.12. The van der Waals surface area contributed by atoms with E-state index >= 15 is 0 Å². The molecule has 0 spiro atoms. The van der Waals surface area contributed by atoms with Crippen LogP contribution < -0.4 is 5.32 Å². The van der Waals surface area contributed by atoms with Crippen molar-refractivity contribution in [3.63, 3.8) is 0 Å². The first-order valence-electron chi connectivity index (χ1n) is 6.12. The van der Waals surface area contributed by atoms with Crippen molar-refractivity contribution in [2.24, 2.45) is 0 Å². The molecular weight excluding hydrogens is 273 g/mol. The predicted octanol–water partition coefficient (Wildman–Crippen LogP) is 1.16. The monoisotopic (exact) mass is 290 g/mol. The molecule has 0 fully saturated rings. The molecule has 1 amide bonds. The van der Waals surface area contributed by atoms with Crippen molar-refractivity contribution in [3.05, 3.63) is 35.9 Å². The fraction of sp³-hybridized carbons (Fsp3) is 0.462. The van der Waals surface area contributed by atoms with Crippen molar-refractivity contribution >= 4 is 5.91 Å². The normalized spacial score (nSPS) is 11.4. The number of alkyl halides is 3. The van der Waals surface area contributed by atoms with Crippen LogP contribution in [0.4, 0.5) is 13.2 Å². The van der Waals surface area contributed by atoms with E-state index in [0.717, 1.165) is 5.56 Å². The maximum absolute atomic E-state index is 12.0. The van der Waals surface area contributed by atoms with Crippen molar-refractivity contribution in [2.45, 2.75) is 12.7 Å². The molecule has 4 nitrogen and oxygen atoms in total. The molecule has 0 saturated carbocycles. The molecule has 7 heteroatoms. The molecule has 0 atom stereocenters. The molecule has 2 N–H and O–H groups in total. The first-order chi connectivity index (χ1) is 9.42. The van der Waals surface area contributed by atoms with Crippen LogP contribution in [0.2, 0.25) is 0 Å². The van der Waals surface area contributed by atoms with E-state index in [1.165, 1.54) is 4.90 Å². The number of rotatable bonds is 7. The third-order valence-corrected chi connectivity index (χ3v) is 2.54. The predicted molar refractivity (Wildman–Crippen MR) is 67.9 cm³/mol. The molecule has 0 bridgehead atoms. The minimum Gasteiger partial charge on any atom is -0.395 e. The molecule has 0 aromatic heterocycles. The van der Waals surface area contributed by atoms with Gasteiger partial charge in [-0.25, -0.2) is 0 Å². The van der Waals surface area contributed by atoms with Gasteiger partial charge in [-0.05, 0) is 5.56 Å². The average molecular weight is 290 g/mol. The molecule has 0 aliphatic carbocycles. The number of amides is 1. The van der Waals surface area contributed by atoms with Crippen LogP contribution in [0.5, 0.6) is 0 Å². The van der Waals surface area contributed by atoms with E-state index in [1.807, 2.05) is 6.07 Å². The van der Waals surface area contributed by atoms with Crippen molar-refractivity contribution in [1.29, 1.82) is 0 Å². The number of hydrogen-bond acceptors (Lipinski definition) is 3. The van der Waals surface area contributed by atoms with Crippen LogP contribution in [0.3, 0.4) is 0 Å². The molecule has 0 unspecified atom stereocenters. The van der Waals surface area contributed by atoms with Gasteiger partial charge in [0.1, 0.15) is 0 Å². The summed E-state index contributed by atoms with van der Waals surface area (Å²) in [5.74, 6) is -0.479. The number of nitrogens with zero attached hydrogens (tertiary/aromatic N) is 1. The van der Waals surface area contributed by atoms with Crippen LogP contribution in [-0.4, -0.2) is 48.3 Å². The summed E-state index contributed by atoms with van der Waals surface area (Å²) in [6, 6.07) is 9.05. The molecule has 0 aliphatic rings. The van der Waals surface area contributed by atoms with Crippen LogP contribution >= 0.6 is 0 Å². The Bertz CT molecular complexity index is 410. The molecule has 1 rings (SSSR count). The number of aliphatic hydroxyl groups excluding tert-OH is 1. The van der Waals surface area contributed by atoms with Gasteiger partial charge in [0, 0.05) is 13.1 Å². The smallest absolute Gasteiger partial charge is 0.395 e. The van der Waals surface area contributed by atoms with Gasteiger partial charge in [0.05, 0.1) is 19.7 Å². The summed E-state index contributed by atoms with van der Waals surface area (Å²) < 4.78 is 35.9. The number of hydrogen-bond donors (Lipinski definition) is 2. The van der Waals surface area contributed by atoms with Crippen molar-refractivity contribution in [1.82, 2.24) is 10.2 Å². The summed E-state index contributed by atoms with van der Waals surface area (Å²) in [5, 5.41) is 11.0. The largest absolute Gasteiger partial charge is 0.401 e. The SMILES string of the molecule is O=C(CNCC(F)(F)F)N(CCO)Cc1ccccc1. The number of carbonyl (C=O) groups excluding carboxylic acids is 1. The lowest BCUT2D eigenvalue weighted by molar-refractivity contribution is -0.135. The molecule has 0 aliphatic heterocycles. The Kier molecular flexibility index (Phi) is 6.47. The molecule has 1 aromatic carbocycles. The van der Waals surface area contributed by atoms with Crippen molar-refractivity contribution in [2.75, 3.05) is 26.2 Å². The van der Waals surface area contributed by atoms with Gasteiger partial charge in [0.15, 0.2) is 0 Å². The quantitative estimate of drug-likeness (QED) is 0.792. The Balaban J connectivity index is 2.50. The molecule has 0 radical (unpaired) electrons. The van der Waals surface area contributed by atoms with Gasteiger partial charge in [-0.15, -0.1) is 0 Å². The number of carbonyl (C=O) groups is 1. The number of aliphatic hydroxyl groups is 1. The highest BCUT2D eigenvalue weighted by Gasteiger charge is 2.27. The third-order valence-electron chi connectivity index (χ3n) is 2.54. The Hall–Kier alpha value is -1.60. The summed E-state index contributed by atoms with van der Waals surface area (Å²) in [7, 11) is 0. The zero-order chi connectivity index (χ0) is 15.0. The van der Waals surface area contributed by atoms with Gasteiger partial charge in [0.2, 0.25) is 5.91 Å². The number of nitrogens with one attached hydrogen (secondary N) is 1. The maximum Gasteiger partial charge on any atom is 0.401 e. The maximum atomic E-state index is 12.0. The standard InChI is InChI=1S/C13H17F3N2O2/c14-13(15,16)10-17-8-12(20)18(6-7-19)9-11-4-2-1-3-5-11/h1-5,17,19H,6-10H2. The lowest BCUT2D eigenvalue weighted by atomic mass is 10.2.